The van der Waals surface area contributed by atoms with Crippen molar-refractivity contribution in [1.29, 1.82) is 0 Å². The van der Waals surface area contributed by atoms with Gasteiger partial charge in [0.25, 0.3) is 0 Å². The summed E-state index contributed by atoms with van der Waals surface area (Å²) in [5, 5.41) is 0. The molecule has 0 aliphatic rings. The van der Waals surface area contributed by atoms with Crippen molar-refractivity contribution in [3.63, 3.8) is 0 Å². The van der Waals surface area contributed by atoms with Crippen molar-refractivity contribution < 1.29 is 23.7 Å². The van der Waals surface area contributed by atoms with E-state index in [4.69, 9.17) is 24.7 Å². The summed E-state index contributed by atoms with van der Waals surface area (Å²) in [5.74, 6) is 1.21. The van der Waals surface area contributed by atoms with Gasteiger partial charge in [0.2, 0.25) is 0 Å². The average Bonchev–Trinajstić information content (AvgIpc) is 2.44. The normalized spacial score (nSPS) is 11.6. The summed E-state index contributed by atoms with van der Waals surface area (Å²) in [6.07, 6.45) is 0. The Morgan fingerprint density at radius 3 is 2.16 bits per heavy atom. The van der Waals surface area contributed by atoms with Crippen LogP contribution in [0.1, 0.15) is 6.92 Å². The van der Waals surface area contributed by atoms with Crippen molar-refractivity contribution in [3.8, 4) is 17.2 Å². The van der Waals surface area contributed by atoms with E-state index in [-0.39, 0.29) is 6.61 Å². The standard InChI is InChI=1S/C13H19NO5/c1-4-18-13(15)12(14)8-19-11-6-9(16-2)5-10(7-11)17-3/h5-7,12H,4,8,14H2,1-3H3. The van der Waals surface area contributed by atoms with E-state index in [2.05, 4.69) is 0 Å². The van der Waals surface area contributed by atoms with Gasteiger partial charge < -0.3 is 24.7 Å². The number of rotatable bonds is 7. The van der Waals surface area contributed by atoms with Gasteiger partial charge in [0.05, 0.1) is 20.8 Å². The third-order valence-electron chi connectivity index (χ3n) is 2.34. The molecule has 1 rings (SSSR count). The quantitative estimate of drug-likeness (QED) is 0.743. The number of ether oxygens (including phenoxy) is 4. The summed E-state index contributed by atoms with van der Waals surface area (Å²) < 4.78 is 20.4. The highest BCUT2D eigenvalue weighted by molar-refractivity contribution is 5.75. The molecule has 1 atom stereocenters. The lowest BCUT2D eigenvalue weighted by molar-refractivity contribution is -0.145. The lowest BCUT2D eigenvalue weighted by Gasteiger charge is -2.13. The molecule has 0 amide bonds. The fourth-order valence-electron chi connectivity index (χ4n) is 1.37. The molecule has 0 aliphatic heterocycles. The molecule has 0 bridgehead atoms. The maximum Gasteiger partial charge on any atom is 0.326 e. The van der Waals surface area contributed by atoms with Crippen LogP contribution in [0, 0.1) is 0 Å². The van der Waals surface area contributed by atoms with Crippen molar-refractivity contribution in [2.75, 3.05) is 27.4 Å². The summed E-state index contributed by atoms with van der Waals surface area (Å²) in [6, 6.07) is 4.26. The molecule has 19 heavy (non-hydrogen) atoms. The lowest BCUT2D eigenvalue weighted by atomic mass is 10.3. The van der Waals surface area contributed by atoms with Gasteiger partial charge in [-0.25, -0.2) is 0 Å². The second-order valence-corrected chi connectivity index (χ2v) is 3.72. The minimum absolute atomic E-state index is 0.0230. The Bertz CT molecular complexity index is 399. The van der Waals surface area contributed by atoms with Gasteiger partial charge in [-0.2, -0.15) is 0 Å². The summed E-state index contributed by atoms with van der Waals surface area (Å²) in [5.41, 5.74) is 5.63. The fourth-order valence-corrected chi connectivity index (χ4v) is 1.37. The van der Waals surface area contributed by atoms with Gasteiger partial charge in [-0.1, -0.05) is 0 Å². The van der Waals surface area contributed by atoms with Crippen LogP contribution in [0.25, 0.3) is 0 Å². The maximum absolute atomic E-state index is 11.3. The Morgan fingerprint density at radius 2 is 1.68 bits per heavy atom. The van der Waals surface area contributed by atoms with Crippen molar-refractivity contribution >= 4 is 5.97 Å². The van der Waals surface area contributed by atoms with E-state index in [1.165, 1.54) is 0 Å². The van der Waals surface area contributed by atoms with Crippen LogP contribution in [0.4, 0.5) is 0 Å². The first kappa shape index (κ1) is 15.1. The first-order valence-electron chi connectivity index (χ1n) is 5.88. The maximum atomic E-state index is 11.3. The first-order valence-corrected chi connectivity index (χ1v) is 5.88. The lowest BCUT2D eigenvalue weighted by Crippen LogP contribution is -2.37. The van der Waals surface area contributed by atoms with Gasteiger partial charge in [0.1, 0.15) is 29.9 Å². The molecule has 0 fully saturated rings. The topological polar surface area (TPSA) is 80.0 Å². The Hall–Kier alpha value is -1.95. The molecule has 6 heteroatoms. The van der Waals surface area contributed by atoms with Crippen LogP contribution in [0.5, 0.6) is 17.2 Å². The summed E-state index contributed by atoms with van der Waals surface area (Å²) >= 11 is 0. The van der Waals surface area contributed by atoms with Crippen molar-refractivity contribution in [3.05, 3.63) is 18.2 Å². The Kier molecular flexibility index (Phi) is 5.95. The molecule has 2 N–H and O–H groups in total. The third kappa shape index (κ3) is 4.67. The predicted octanol–water partition coefficient (Wildman–Crippen LogP) is 0.973. The van der Waals surface area contributed by atoms with Crippen LogP contribution in [0.2, 0.25) is 0 Å². The van der Waals surface area contributed by atoms with E-state index in [1.807, 2.05) is 0 Å². The zero-order chi connectivity index (χ0) is 14.3. The minimum Gasteiger partial charge on any atom is -0.496 e. The molecule has 0 radical (unpaired) electrons. The number of esters is 1. The largest absolute Gasteiger partial charge is 0.496 e. The highest BCUT2D eigenvalue weighted by atomic mass is 16.5. The Balaban J connectivity index is 2.64. The fraction of sp³-hybridized carbons (Fsp3) is 0.462. The van der Waals surface area contributed by atoms with E-state index in [1.54, 1.807) is 39.3 Å². The molecular formula is C13H19NO5. The van der Waals surface area contributed by atoms with Crippen molar-refractivity contribution in [2.24, 2.45) is 5.73 Å². The van der Waals surface area contributed by atoms with Gasteiger partial charge in [0, 0.05) is 18.2 Å². The average molecular weight is 269 g/mol. The molecule has 0 heterocycles. The number of carbonyl (C=O) groups is 1. The molecule has 6 nitrogen and oxygen atoms in total. The number of hydrogen-bond acceptors (Lipinski definition) is 6. The third-order valence-corrected chi connectivity index (χ3v) is 2.34. The van der Waals surface area contributed by atoms with Gasteiger partial charge in [0.15, 0.2) is 0 Å². The van der Waals surface area contributed by atoms with E-state index in [9.17, 15) is 4.79 Å². The monoisotopic (exact) mass is 269 g/mol. The predicted molar refractivity (Wildman–Crippen MR) is 69.6 cm³/mol. The smallest absolute Gasteiger partial charge is 0.326 e. The zero-order valence-corrected chi connectivity index (χ0v) is 11.3. The van der Waals surface area contributed by atoms with Gasteiger partial charge in [-0.05, 0) is 6.92 Å². The van der Waals surface area contributed by atoms with E-state index < -0.39 is 12.0 Å². The number of carbonyl (C=O) groups excluding carboxylic acids is 1. The number of methoxy groups -OCH3 is 2. The molecule has 0 spiro atoms. The van der Waals surface area contributed by atoms with Crippen LogP contribution < -0.4 is 19.9 Å². The summed E-state index contributed by atoms with van der Waals surface area (Å²) in [7, 11) is 3.09. The van der Waals surface area contributed by atoms with E-state index >= 15 is 0 Å². The Labute approximate surface area is 112 Å². The molecule has 0 aromatic heterocycles. The van der Waals surface area contributed by atoms with Gasteiger partial charge in [-0.15, -0.1) is 0 Å². The molecule has 0 saturated carbocycles. The zero-order valence-electron chi connectivity index (χ0n) is 11.3. The number of benzene rings is 1. The second-order valence-electron chi connectivity index (χ2n) is 3.72. The van der Waals surface area contributed by atoms with E-state index in [0.717, 1.165) is 0 Å². The van der Waals surface area contributed by atoms with Crippen LogP contribution in [0.15, 0.2) is 18.2 Å². The van der Waals surface area contributed by atoms with Crippen LogP contribution in [0.3, 0.4) is 0 Å². The molecule has 0 saturated heterocycles. The van der Waals surface area contributed by atoms with Crippen LogP contribution in [-0.2, 0) is 9.53 Å². The molecule has 0 aliphatic carbocycles. The SMILES string of the molecule is CCOC(=O)C(N)COc1cc(OC)cc(OC)c1. The molecule has 1 aromatic rings. The number of nitrogens with two attached hydrogens (primary N) is 1. The molecule has 106 valence electrons. The first-order chi connectivity index (χ1) is 9.10. The van der Waals surface area contributed by atoms with E-state index in [0.29, 0.717) is 23.9 Å². The van der Waals surface area contributed by atoms with Crippen molar-refractivity contribution in [1.82, 2.24) is 0 Å². The summed E-state index contributed by atoms with van der Waals surface area (Å²) in [4.78, 5) is 11.3. The minimum atomic E-state index is -0.822. The Morgan fingerprint density at radius 1 is 1.16 bits per heavy atom. The van der Waals surface area contributed by atoms with Crippen LogP contribution >= 0.6 is 0 Å². The highest BCUT2D eigenvalue weighted by Crippen LogP contribution is 2.27. The molecule has 1 aromatic carbocycles. The number of hydrogen-bond donors (Lipinski definition) is 1. The van der Waals surface area contributed by atoms with Crippen LogP contribution in [-0.4, -0.2) is 39.4 Å². The summed E-state index contributed by atoms with van der Waals surface area (Å²) in [6.45, 7) is 2.03. The van der Waals surface area contributed by atoms with Gasteiger partial charge in [-0.3, -0.25) is 4.79 Å². The molecular weight excluding hydrogens is 250 g/mol. The van der Waals surface area contributed by atoms with Gasteiger partial charge >= 0.3 is 5.97 Å². The second kappa shape index (κ2) is 7.48. The molecule has 1 unspecified atom stereocenters. The highest BCUT2D eigenvalue weighted by Gasteiger charge is 2.15. The van der Waals surface area contributed by atoms with Crippen molar-refractivity contribution in [2.45, 2.75) is 13.0 Å².